The molecule has 0 bridgehead atoms. The van der Waals surface area contributed by atoms with Crippen molar-refractivity contribution in [1.29, 1.82) is 0 Å². The van der Waals surface area contributed by atoms with Gasteiger partial charge in [0.25, 0.3) is 5.91 Å². The number of piperazine rings is 1. The first-order valence-corrected chi connectivity index (χ1v) is 11.4. The quantitative estimate of drug-likeness (QED) is 0.429. The van der Waals surface area contributed by atoms with Gasteiger partial charge in [0, 0.05) is 36.8 Å². The zero-order valence-corrected chi connectivity index (χ0v) is 20.1. The maximum atomic E-state index is 13.3. The zero-order chi connectivity index (χ0) is 23.5. The molecule has 172 valence electrons. The number of halogens is 5. The number of carbonyl (C=O) groups is 1. The number of benzene rings is 2. The highest BCUT2D eigenvalue weighted by Gasteiger charge is 2.23. The van der Waals surface area contributed by atoms with E-state index in [2.05, 4.69) is 10.2 Å². The van der Waals surface area contributed by atoms with Crippen LogP contribution in [0.2, 0.25) is 20.1 Å². The number of amides is 1. The number of carbonyl (C=O) groups excluding carboxylic acids is 1. The molecule has 2 heterocycles. The Morgan fingerprint density at radius 1 is 0.909 bits per heavy atom. The van der Waals surface area contributed by atoms with Crippen LogP contribution in [0.4, 0.5) is 10.2 Å². The van der Waals surface area contributed by atoms with Gasteiger partial charge in [0.2, 0.25) is 0 Å². The Hall–Kier alpha value is -2.32. The Labute approximate surface area is 209 Å². The standard InChI is InChI=1S/C22H17Cl4FN4O2/c23-13-1-2-15(16(24)9-13)19-3-4-20(29-28-19)30-5-7-31(8-6-30)21(32)12-33-22-17(25)10-14(27)11-18(22)26/h1-4,9-11H,5-8,12H2. The highest BCUT2D eigenvalue weighted by Crippen LogP contribution is 2.34. The van der Waals surface area contributed by atoms with Gasteiger partial charge in [-0.2, -0.15) is 0 Å². The van der Waals surface area contributed by atoms with Gasteiger partial charge in [-0.25, -0.2) is 4.39 Å². The smallest absolute Gasteiger partial charge is 0.260 e. The van der Waals surface area contributed by atoms with Crippen LogP contribution in [-0.2, 0) is 4.79 Å². The number of hydrogen-bond donors (Lipinski definition) is 0. The van der Waals surface area contributed by atoms with Crippen molar-refractivity contribution in [3.63, 3.8) is 0 Å². The molecule has 2 aromatic carbocycles. The number of hydrogen-bond acceptors (Lipinski definition) is 5. The number of anilines is 1. The van der Waals surface area contributed by atoms with Crippen molar-refractivity contribution in [2.75, 3.05) is 37.7 Å². The summed E-state index contributed by atoms with van der Waals surface area (Å²) in [4.78, 5) is 16.3. The molecule has 0 spiro atoms. The summed E-state index contributed by atoms with van der Waals surface area (Å²) in [6.45, 7) is 1.89. The number of ether oxygens (including phenoxy) is 1. The molecule has 1 aromatic heterocycles. The Balaban J connectivity index is 1.32. The molecule has 1 saturated heterocycles. The molecule has 0 N–H and O–H groups in total. The van der Waals surface area contributed by atoms with Crippen LogP contribution in [0.1, 0.15) is 0 Å². The second-order valence-corrected chi connectivity index (χ2v) is 8.91. The second kappa shape index (κ2) is 10.3. The van der Waals surface area contributed by atoms with Crippen molar-refractivity contribution in [2.45, 2.75) is 0 Å². The minimum absolute atomic E-state index is 0.0135. The fourth-order valence-electron chi connectivity index (χ4n) is 3.41. The SMILES string of the molecule is O=C(COc1c(Cl)cc(F)cc1Cl)N1CCN(c2ccc(-c3ccc(Cl)cc3Cl)nn2)CC1. The molecule has 0 radical (unpaired) electrons. The molecule has 1 aliphatic heterocycles. The van der Waals surface area contributed by atoms with E-state index in [1.54, 1.807) is 23.1 Å². The molecule has 4 rings (SSSR count). The van der Waals surface area contributed by atoms with Gasteiger partial charge < -0.3 is 14.5 Å². The predicted octanol–water partition coefficient (Wildman–Crippen LogP) is 5.62. The van der Waals surface area contributed by atoms with Crippen LogP contribution in [0, 0.1) is 5.82 Å². The van der Waals surface area contributed by atoms with Crippen molar-refractivity contribution in [3.8, 4) is 17.0 Å². The Morgan fingerprint density at radius 2 is 1.61 bits per heavy atom. The molecule has 0 unspecified atom stereocenters. The van der Waals surface area contributed by atoms with Gasteiger partial charge in [-0.3, -0.25) is 4.79 Å². The maximum absolute atomic E-state index is 13.3. The van der Waals surface area contributed by atoms with E-state index < -0.39 is 5.82 Å². The van der Waals surface area contributed by atoms with Gasteiger partial charge >= 0.3 is 0 Å². The summed E-state index contributed by atoms with van der Waals surface area (Å²) in [5, 5.41) is 9.67. The first-order chi connectivity index (χ1) is 15.8. The van der Waals surface area contributed by atoms with E-state index in [0.717, 1.165) is 17.7 Å². The number of rotatable bonds is 5. The van der Waals surface area contributed by atoms with Gasteiger partial charge in [0.15, 0.2) is 18.2 Å². The van der Waals surface area contributed by atoms with Gasteiger partial charge in [0.05, 0.1) is 20.8 Å². The molecule has 1 amide bonds. The lowest BCUT2D eigenvalue weighted by Crippen LogP contribution is -2.50. The van der Waals surface area contributed by atoms with Crippen LogP contribution < -0.4 is 9.64 Å². The van der Waals surface area contributed by atoms with Gasteiger partial charge in [-0.15, -0.1) is 10.2 Å². The predicted molar refractivity (Wildman–Crippen MR) is 128 cm³/mol. The summed E-state index contributed by atoms with van der Waals surface area (Å²) in [5.41, 5.74) is 1.39. The van der Waals surface area contributed by atoms with E-state index in [0.29, 0.717) is 47.7 Å². The van der Waals surface area contributed by atoms with Crippen LogP contribution in [0.25, 0.3) is 11.3 Å². The van der Waals surface area contributed by atoms with E-state index in [-0.39, 0.29) is 28.3 Å². The van der Waals surface area contributed by atoms with Gasteiger partial charge in [-0.05, 0) is 42.5 Å². The third-order valence-corrected chi connectivity index (χ3v) is 6.23. The van der Waals surface area contributed by atoms with Crippen molar-refractivity contribution < 1.29 is 13.9 Å². The summed E-state index contributed by atoms with van der Waals surface area (Å²) < 4.78 is 18.7. The average molecular weight is 530 g/mol. The summed E-state index contributed by atoms with van der Waals surface area (Å²) >= 11 is 24.1. The lowest BCUT2D eigenvalue weighted by molar-refractivity contribution is -0.133. The first kappa shape index (κ1) is 23.8. The van der Waals surface area contributed by atoms with Crippen LogP contribution in [0.15, 0.2) is 42.5 Å². The molecule has 11 heteroatoms. The normalized spacial score (nSPS) is 13.8. The lowest BCUT2D eigenvalue weighted by Gasteiger charge is -2.35. The Morgan fingerprint density at radius 3 is 2.21 bits per heavy atom. The van der Waals surface area contributed by atoms with Crippen molar-refractivity contribution in [2.24, 2.45) is 0 Å². The van der Waals surface area contributed by atoms with Crippen LogP contribution in [0.3, 0.4) is 0 Å². The fourth-order valence-corrected chi connectivity index (χ4v) is 4.49. The monoisotopic (exact) mass is 528 g/mol. The fraction of sp³-hybridized carbons (Fsp3) is 0.227. The van der Waals surface area contributed by atoms with E-state index in [9.17, 15) is 9.18 Å². The molecular weight excluding hydrogens is 513 g/mol. The number of nitrogens with zero attached hydrogens (tertiary/aromatic N) is 4. The van der Waals surface area contributed by atoms with Crippen LogP contribution in [-0.4, -0.2) is 53.8 Å². The first-order valence-electron chi connectivity index (χ1n) is 9.91. The topological polar surface area (TPSA) is 58.6 Å². The van der Waals surface area contributed by atoms with E-state index in [1.165, 1.54) is 0 Å². The van der Waals surface area contributed by atoms with Crippen LogP contribution in [0.5, 0.6) is 5.75 Å². The Kier molecular flexibility index (Phi) is 7.44. The second-order valence-electron chi connectivity index (χ2n) is 7.26. The van der Waals surface area contributed by atoms with Crippen LogP contribution >= 0.6 is 46.4 Å². The minimum atomic E-state index is -0.577. The summed E-state index contributed by atoms with van der Waals surface area (Å²) in [6, 6.07) is 11.1. The van der Waals surface area contributed by atoms with Crippen molar-refractivity contribution >= 4 is 58.1 Å². The zero-order valence-electron chi connectivity index (χ0n) is 17.1. The molecule has 1 fully saturated rings. The van der Waals surface area contributed by atoms with E-state index >= 15 is 0 Å². The largest absolute Gasteiger partial charge is 0.481 e. The lowest BCUT2D eigenvalue weighted by atomic mass is 10.1. The Bertz CT molecular complexity index is 1150. The molecule has 0 aliphatic carbocycles. The highest BCUT2D eigenvalue weighted by molar-refractivity contribution is 6.37. The summed E-state index contributed by atoms with van der Waals surface area (Å²) in [5.74, 6) is -0.00273. The molecule has 1 aliphatic rings. The van der Waals surface area contributed by atoms with Crippen molar-refractivity contribution in [1.82, 2.24) is 15.1 Å². The molecule has 0 saturated carbocycles. The molecular formula is C22H17Cl4FN4O2. The maximum Gasteiger partial charge on any atom is 0.260 e. The summed E-state index contributed by atoms with van der Waals surface area (Å²) in [7, 11) is 0. The van der Waals surface area contributed by atoms with Crippen molar-refractivity contribution in [3.05, 3.63) is 68.4 Å². The number of aromatic nitrogens is 2. The third-order valence-electron chi connectivity index (χ3n) is 5.12. The molecule has 3 aromatic rings. The molecule has 6 nitrogen and oxygen atoms in total. The molecule has 33 heavy (non-hydrogen) atoms. The molecule has 0 atom stereocenters. The third kappa shape index (κ3) is 5.61. The average Bonchev–Trinajstić information content (AvgIpc) is 2.78. The van der Waals surface area contributed by atoms with E-state index in [1.807, 2.05) is 17.0 Å². The van der Waals surface area contributed by atoms with Gasteiger partial charge in [-0.1, -0.05) is 46.4 Å². The minimum Gasteiger partial charge on any atom is -0.481 e. The van der Waals surface area contributed by atoms with Gasteiger partial charge in [0.1, 0.15) is 5.82 Å². The highest BCUT2D eigenvalue weighted by atomic mass is 35.5. The summed E-state index contributed by atoms with van der Waals surface area (Å²) in [6.07, 6.45) is 0. The van der Waals surface area contributed by atoms with E-state index in [4.69, 9.17) is 51.1 Å².